The number of nitrogens with two attached hydrogens (primary N) is 1. The van der Waals surface area contributed by atoms with Crippen molar-refractivity contribution in [3.63, 3.8) is 0 Å². The van der Waals surface area contributed by atoms with Crippen LogP contribution in [0.15, 0.2) is 36.4 Å². The van der Waals surface area contributed by atoms with Crippen molar-refractivity contribution in [2.75, 3.05) is 7.11 Å². The van der Waals surface area contributed by atoms with E-state index in [0.29, 0.717) is 12.5 Å². The monoisotopic (exact) mass is 254 g/mol. The Labute approximate surface area is 113 Å². The van der Waals surface area contributed by atoms with E-state index in [1.165, 1.54) is 18.4 Å². The first-order valence-corrected chi connectivity index (χ1v) is 6.66. The molecule has 1 aromatic heterocycles. The number of methoxy groups -OCH3 is 1. The van der Waals surface area contributed by atoms with E-state index in [2.05, 4.69) is 29.2 Å². The molecule has 2 aromatic rings. The van der Waals surface area contributed by atoms with Gasteiger partial charge in [-0.3, -0.25) is 0 Å². The topological polar surface area (TPSA) is 48.1 Å². The van der Waals surface area contributed by atoms with Gasteiger partial charge in [-0.05, 0) is 30.4 Å². The van der Waals surface area contributed by atoms with E-state index in [4.69, 9.17) is 10.5 Å². The number of pyridine rings is 1. The highest BCUT2D eigenvalue weighted by Crippen LogP contribution is 2.44. The number of ether oxygens (including phenoxy) is 1. The van der Waals surface area contributed by atoms with E-state index >= 15 is 0 Å². The summed E-state index contributed by atoms with van der Waals surface area (Å²) in [5.74, 6) is 1.42. The minimum Gasteiger partial charge on any atom is -0.481 e. The molecule has 0 amide bonds. The molecule has 0 bridgehead atoms. The summed E-state index contributed by atoms with van der Waals surface area (Å²) in [6, 6.07) is 12.4. The second kappa shape index (κ2) is 5.02. The zero-order chi connectivity index (χ0) is 13.2. The fourth-order valence-electron chi connectivity index (χ4n) is 2.29. The van der Waals surface area contributed by atoms with Crippen LogP contribution in [0, 0.1) is 0 Å². The average molecular weight is 254 g/mol. The predicted octanol–water partition coefficient (Wildman–Crippen LogP) is 3.09. The zero-order valence-electron chi connectivity index (χ0n) is 11.1. The number of aromatic nitrogens is 1. The van der Waals surface area contributed by atoms with E-state index < -0.39 is 0 Å². The van der Waals surface area contributed by atoms with E-state index in [1.54, 1.807) is 7.11 Å². The smallest absolute Gasteiger partial charge is 0.217 e. The first kappa shape index (κ1) is 12.2. The van der Waals surface area contributed by atoms with Crippen LogP contribution < -0.4 is 10.5 Å². The highest BCUT2D eigenvalue weighted by molar-refractivity contribution is 5.61. The molecule has 1 aliphatic carbocycles. The largest absolute Gasteiger partial charge is 0.481 e. The van der Waals surface area contributed by atoms with Crippen LogP contribution in [-0.2, 0) is 6.54 Å². The first-order chi connectivity index (χ1) is 9.31. The Morgan fingerprint density at radius 1 is 1.16 bits per heavy atom. The fourth-order valence-corrected chi connectivity index (χ4v) is 2.29. The molecule has 0 spiro atoms. The Bertz CT molecular complexity index is 574. The summed E-state index contributed by atoms with van der Waals surface area (Å²) in [5, 5.41) is 0. The maximum atomic E-state index is 5.61. The average Bonchev–Trinajstić information content (AvgIpc) is 3.31. The molecule has 3 rings (SSSR count). The Balaban J connectivity index is 1.95. The molecule has 0 radical (unpaired) electrons. The summed E-state index contributed by atoms with van der Waals surface area (Å²) in [5.41, 5.74) is 10.0. The third-order valence-electron chi connectivity index (χ3n) is 3.59. The van der Waals surface area contributed by atoms with E-state index in [-0.39, 0.29) is 0 Å². The molecule has 98 valence electrons. The predicted molar refractivity (Wildman–Crippen MR) is 76.1 cm³/mol. The molecule has 3 heteroatoms. The quantitative estimate of drug-likeness (QED) is 0.912. The summed E-state index contributed by atoms with van der Waals surface area (Å²) in [6.45, 7) is 0.567. The molecule has 1 aromatic carbocycles. The number of hydrogen-bond donors (Lipinski definition) is 1. The maximum Gasteiger partial charge on any atom is 0.217 e. The molecule has 0 unspecified atom stereocenters. The molecule has 0 aliphatic heterocycles. The second-order valence-corrected chi connectivity index (χ2v) is 4.97. The first-order valence-electron chi connectivity index (χ1n) is 6.66. The van der Waals surface area contributed by atoms with Crippen molar-refractivity contribution >= 4 is 0 Å². The lowest BCUT2D eigenvalue weighted by Gasteiger charge is -2.09. The van der Waals surface area contributed by atoms with E-state index in [0.717, 1.165) is 22.7 Å². The molecular weight excluding hydrogens is 236 g/mol. The van der Waals surface area contributed by atoms with Gasteiger partial charge in [0, 0.05) is 17.7 Å². The number of benzene rings is 1. The fraction of sp³-hybridized carbons (Fsp3) is 0.312. The molecule has 0 saturated heterocycles. The van der Waals surface area contributed by atoms with Gasteiger partial charge >= 0.3 is 0 Å². The number of hydrogen-bond acceptors (Lipinski definition) is 3. The van der Waals surface area contributed by atoms with Crippen LogP contribution in [0.3, 0.4) is 0 Å². The van der Waals surface area contributed by atoms with Crippen LogP contribution in [0.5, 0.6) is 5.88 Å². The van der Waals surface area contributed by atoms with Crippen LogP contribution in [0.4, 0.5) is 0 Å². The zero-order valence-corrected chi connectivity index (χ0v) is 11.1. The van der Waals surface area contributed by atoms with Gasteiger partial charge in [-0.2, -0.15) is 0 Å². The highest BCUT2D eigenvalue weighted by Gasteiger charge is 2.27. The number of nitrogens with zero attached hydrogens (tertiary/aromatic N) is 1. The van der Waals surface area contributed by atoms with Gasteiger partial charge in [0.2, 0.25) is 5.88 Å². The van der Waals surface area contributed by atoms with Crippen LogP contribution in [-0.4, -0.2) is 12.1 Å². The molecule has 1 fully saturated rings. The third kappa shape index (κ3) is 2.47. The van der Waals surface area contributed by atoms with Gasteiger partial charge in [-0.1, -0.05) is 30.3 Å². The second-order valence-electron chi connectivity index (χ2n) is 4.97. The van der Waals surface area contributed by atoms with Crippen molar-refractivity contribution < 1.29 is 4.74 Å². The molecule has 3 nitrogen and oxygen atoms in total. The summed E-state index contributed by atoms with van der Waals surface area (Å²) in [4.78, 5) is 4.62. The SMILES string of the molecule is COc1nc(-c2ccc(CN)cc2)ccc1C1CC1. The van der Waals surface area contributed by atoms with Crippen molar-refractivity contribution in [2.45, 2.75) is 25.3 Å². The summed E-state index contributed by atoms with van der Waals surface area (Å²) >= 11 is 0. The Morgan fingerprint density at radius 3 is 2.47 bits per heavy atom. The van der Waals surface area contributed by atoms with Crippen LogP contribution in [0.1, 0.15) is 29.9 Å². The normalized spacial score (nSPS) is 14.4. The Kier molecular flexibility index (Phi) is 3.22. The minimum absolute atomic E-state index is 0.567. The van der Waals surface area contributed by atoms with Crippen LogP contribution in [0.25, 0.3) is 11.3 Å². The highest BCUT2D eigenvalue weighted by atomic mass is 16.5. The summed E-state index contributed by atoms with van der Waals surface area (Å²) in [6.07, 6.45) is 2.51. The Morgan fingerprint density at radius 2 is 1.89 bits per heavy atom. The van der Waals surface area contributed by atoms with Crippen LogP contribution >= 0.6 is 0 Å². The van der Waals surface area contributed by atoms with Gasteiger partial charge in [0.25, 0.3) is 0 Å². The molecule has 19 heavy (non-hydrogen) atoms. The van der Waals surface area contributed by atoms with Crippen molar-refractivity contribution in [1.82, 2.24) is 4.98 Å². The third-order valence-corrected chi connectivity index (χ3v) is 3.59. The Hall–Kier alpha value is -1.87. The number of rotatable bonds is 4. The molecule has 2 N–H and O–H groups in total. The van der Waals surface area contributed by atoms with Crippen molar-refractivity contribution in [2.24, 2.45) is 5.73 Å². The van der Waals surface area contributed by atoms with Crippen molar-refractivity contribution in [1.29, 1.82) is 0 Å². The van der Waals surface area contributed by atoms with Gasteiger partial charge in [0.15, 0.2) is 0 Å². The van der Waals surface area contributed by atoms with Crippen molar-refractivity contribution in [3.05, 3.63) is 47.5 Å². The summed E-state index contributed by atoms with van der Waals surface area (Å²) < 4.78 is 5.42. The lowest BCUT2D eigenvalue weighted by molar-refractivity contribution is 0.393. The van der Waals surface area contributed by atoms with Gasteiger partial charge in [-0.25, -0.2) is 4.98 Å². The van der Waals surface area contributed by atoms with E-state index in [1.807, 2.05) is 12.1 Å². The lowest BCUT2D eigenvalue weighted by Crippen LogP contribution is -1.97. The minimum atomic E-state index is 0.567. The molecule has 1 saturated carbocycles. The standard InChI is InChI=1S/C16H18N2O/c1-19-16-14(12-6-7-12)8-9-15(18-16)13-4-2-11(10-17)3-5-13/h2-5,8-9,12H,6-7,10,17H2,1H3. The van der Waals surface area contributed by atoms with Gasteiger partial charge < -0.3 is 10.5 Å². The molecular formula is C16H18N2O. The van der Waals surface area contributed by atoms with E-state index in [9.17, 15) is 0 Å². The van der Waals surface area contributed by atoms with Gasteiger partial charge in [0.1, 0.15) is 0 Å². The summed E-state index contributed by atoms with van der Waals surface area (Å²) in [7, 11) is 1.69. The molecule has 1 aliphatic rings. The molecule has 1 heterocycles. The van der Waals surface area contributed by atoms with Crippen LogP contribution in [0.2, 0.25) is 0 Å². The van der Waals surface area contributed by atoms with Crippen molar-refractivity contribution in [3.8, 4) is 17.1 Å². The van der Waals surface area contributed by atoms with Gasteiger partial charge in [0.05, 0.1) is 12.8 Å². The molecule has 0 atom stereocenters. The van der Waals surface area contributed by atoms with Gasteiger partial charge in [-0.15, -0.1) is 0 Å². The maximum absolute atomic E-state index is 5.61. The lowest BCUT2D eigenvalue weighted by atomic mass is 10.1.